The first-order valence-corrected chi connectivity index (χ1v) is 7.10. The minimum atomic E-state index is -0.353. The predicted molar refractivity (Wildman–Crippen MR) is 83.1 cm³/mol. The van der Waals surface area contributed by atoms with Gasteiger partial charge in [0.2, 0.25) is 0 Å². The molecule has 22 heavy (non-hydrogen) atoms. The summed E-state index contributed by atoms with van der Waals surface area (Å²) in [5, 5.41) is 2.71. The van der Waals surface area contributed by atoms with Crippen LogP contribution in [0.25, 0.3) is 0 Å². The molecule has 0 aliphatic heterocycles. The monoisotopic (exact) mass is 303 g/mol. The number of anilines is 1. The second kappa shape index (κ2) is 7.45. The van der Waals surface area contributed by atoms with Crippen LogP contribution in [0.3, 0.4) is 0 Å². The number of nitrogens with one attached hydrogen (secondary N) is 1. The maximum Gasteiger partial charge on any atom is 0.259 e. The van der Waals surface area contributed by atoms with Gasteiger partial charge < -0.3 is 14.8 Å². The van der Waals surface area contributed by atoms with Crippen molar-refractivity contribution in [2.45, 2.75) is 13.8 Å². The predicted octanol–water partition coefficient (Wildman–Crippen LogP) is 3.88. The first kappa shape index (κ1) is 15.8. The van der Waals surface area contributed by atoms with E-state index >= 15 is 0 Å². The van der Waals surface area contributed by atoms with Gasteiger partial charge in [-0.1, -0.05) is 0 Å². The second-order valence-electron chi connectivity index (χ2n) is 4.49. The molecule has 0 spiro atoms. The fourth-order valence-corrected chi connectivity index (χ4v) is 1.95. The molecule has 116 valence electrons. The summed E-state index contributed by atoms with van der Waals surface area (Å²) in [6.45, 7) is 4.70. The molecule has 0 aromatic heterocycles. The van der Waals surface area contributed by atoms with Crippen molar-refractivity contribution < 1.29 is 18.7 Å². The third-order valence-corrected chi connectivity index (χ3v) is 2.91. The average Bonchev–Trinajstić information content (AvgIpc) is 2.50. The number of rotatable bonds is 6. The first-order valence-electron chi connectivity index (χ1n) is 7.10. The van der Waals surface area contributed by atoms with Crippen molar-refractivity contribution in [2.75, 3.05) is 18.5 Å². The Morgan fingerprint density at radius 2 is 1.73 bits per heavy atom. The highest BCUT2D eigenvalue weighted by Crippen LogP contribution is 2.26. The zero-order valence-electron chi connectivity index (χ0n) is 12.6. The van der Waals surface area contributed by atoms with Gasteiger partial charge in [-0.15, -0.1) is 0 Å². The normalized spacial score (nSPS) is 10.1. The Kier molecular flexibility index (Phi) is 5.36. The average molecular weight is 303 g/mol. The maximum atomic E-state index is 12.9. The lowest BCUT2D eigenvalue weighted by Crippen LogP contribution is -2.14. The Balaban J connectivity index is 2.22. The number of halogens is 1. The van der Waals surface area contributed by atoms with Crippen LogP contribution in [0.1, 0.15) is 24.2 Å². The Labute approximate surface area is 128 Å². The lowest BCUT2D eigenvalue weighted by molar-refractivity contribution is 0.102. The Hall–Kier alpha value is -2.56. The van der Waals surface area contributed by atoms with Crippen molar-refractivity contribution in [1.29, 1.82) is 0 Å². The quantitative estimate of drug-likeness (QED) is 0.881. The molecular weight excluding hydrogens is 285 g/mol. The molecule has 2 aromatic carbocycles. The molecule has 0 unspecified atom stereocenters. The van der Waals surface area contributed by atoms with Gasteiger partial charge in [-0.25, -0.2) is 4.39 Å². The van der Waals surface area contributed by atoms with Crippen molar-refractivity contribution in [3.63, 3.8) is 0 Å². The molecule has 0 bridgehead atoms. The second-order valence-corrected chi connectivity index (χ2v) is 4.49. The lowest BCUT2D eigenvalue weighted by Gasteiger charge is -2.12. The van der Waals surface area contributed by atoms with E-state index in [-0.39, 0.29) is 11.7 Å². The van der Waals surface area contributed by atoms with E-state index in [0.717, 1.165) is 0 Å². The highest BCUT2D eigenvalue weighted by molar-refractivity contribution is 6.06. The van der Waals surface area contributed by atoms with Gasteiger partial charge in [0.05, 0.1) is 18.8 Å². The highest BCUT2D eigenvalue weighted by Gasteiger charge is 2.14. The number of amides is 1. The van der Waals surface area contributed by atoms with Crippen LogP contribution in [-0.4, -0.2) is 19.1 Å². The van der Waals surface area contributed by atoms with Gasteiger partial charge in [-0.05, 0) is 50.2 Å². The first-order chi connectivity index (χ1) is 10.6. The number of carbonyl (C=O) groups excluding carboxylic acids is 1. The molecule has 5 heteroatoms. The summed E-state index contributed by atoms with van der Waals surface area (Å²) >= 11 is 0. The molecule has 4 nitrogen and oxygen atoms in total. The lowest BCUT2D eigenvalue weighted by atomic mass is 10.1. The van der Waals surface area contributed by atoms with Crippen LogP contribution >= 0.6 is 0 Å². The van der Waals surface area contributed by atoms with E-state index in [1.165, 1.54) is 24.3 Å². The van der Waals surface area contributed by atoms with E-state index in [4.69, 9.17) is 9.47 Å². The minimum absolute atomic E-state index is 0.321. The zero-order valence-corrected chi connectivity index (χ0v) is 12.6. The number of benzene rings is 2. The van der Waals surface area contributed by atoms with Crippen molar-refractivity contribution in [1.82, 2.24) is 0 Å². The molecule has 1 amide bonds. The molecule has 0 heterocycles. The van der Waals surface area contributed by atoms with Gasteiger partial charge in [0, 0.05) is 11.8 Å². The van der Waals surface area contributed by atoms with Crippen molar-refractivity contribution >= 4 is 11.6 Å². The Bertz CT molecular complexity index is 641. The summed E-state index contributed by atoms with van der Waals surface area (Å²) in [5.74, 6) is 0.421. The molecule has 2 rings (SSSR count). The standard InChI is InChI=1S/C17H18FNO3/c1-3-21-14-9-10-15(16(11-14)22-4-2)17(20)19-13-7-5-12(18)6-8-13/h5-11H,3-4H2,1-2H3,(H,19,20). The number of hydrogen-bond acceptors (Lipinski definition) is 3. The zero-order chi connectivity index (χ0) is 15.9. The van der Waals surface area contributed by atoms with Crippen molar-refractivity contribution in [3.8, 4) is 11.5 Å². The molecule has 0 atom stereocenters. The fraction of sp³-hybridized carbons (Fsp3) is 0.235. The van der Waals surface area contributed by atoms with Crippen LogP contribution in [0.4, 0.5) is 10.1 Å². The van der Waals surface area contributed by atoms with Crippen LogP contribution in [-0.2, 0) is 0 Å². The topological polar surface area (TPSA) is 47.6 Å². The van der Waals surface area contributed by atoms with Crippen LogP contribution in [0.2, 0.25) is 0 Å². The maximum absolute atomic E-state index is 12.9. The van der Waals surface area contributed by atoms with Gasteiger partial charge >= 0.3 is 0 Å². The molecule has 2 aromatic rings. The van der Waals surface area contributed by atoms with E-state index in [1.54, 1.807) is 18.2 Å². The Morgan fingerprint density at radius 3 is 2.36 bits per heavy atom. The number of hydrogen-bond donors (Lipinski definition) is 1. The third kappa shape index (κ3) is 3.97. The number of carbonyl (C=O) groups is 1. The third-order valence-electron chi connectivity index (χ3n) is 2.91. The van der Waals surface area contributed by atoms with Crippen LogP contribution in [0, 0.1) is 5.82 Å². The van der Waals surface area contributed by atoms with Crippen LogP contribution in [0.15, 0.2) is 42.5 Å². The molecule has 0 aliphatic rings. The Morgan fingerprint density at radius 1 is 1.05 bits per heavy atom. The summed E-state index contributed by atoms with van der Waals surface area (Å²) in [6.07, 6.45) is 0. The molecule has 1 N–H and O–H groups in total. The summed E-state index contributed by atoms with van der Waals surface area (Å²) in [5.41, 5.74) is 0.914. The van der Waals surface area contributed by atoms with Crippen molar-refractivity contribution in [3.05, 3.63) is 53.8 Å². The van der Waals surface area contributed by atoms with Gasteiger partial charge in [0.25, 0.3) is 5.91 Å². The van der Waals surface area contributed by atoms with E-state index in [0.29, 0.717) is 36.0 Å². The summed E-state index contributed by atoms with van der Waals surface area (Å²) in [4.78, 5) is 12.3. The SMILES string of the molecule is CCOc1ccc(C(=O)Nc2ccc(F)cc2)c(OCC)c1. The smallest absolute Gasteiger partial charge is 0.259 e. The van der Waals surface area contributed by atoms with Crippen LogP contribution < -0.4 is 14.8 Å². The van der Waals surface area contributed by atoms with Gasteiger partial charge in [-0.2, -0.15) is 0 Å². The van der Waals surface area contributed by atoms with E-state index in [2.05, 4.69) is 5.32 Å². The molecule has 0 fully saturated rings. The van der Waals surface area contributed by atoms with Gasteiger partial charge in [0.1, 0.15) is 17.3 Å². The minimum Gasteiger partial charge on any atom is -0.494 e. The van der Waals surface area contributed by atoms with E-state index in [1.807, 2.05) is 13.8 Å². The van der Waals surface area contributed by atoms with Gasteiger partial charge in [0.15, 0.2) is 0 Å². The molecule has 0 radical (unpaired) electrons. The molecule has 0 aliphatic carbocycles. The molecule has 0 saturated carbocycles. The highest BCUT2D eigenvalue weighted by atomic mass is 19.1. The molecule has 0 saturated heterocycles. The number of ether oxygens (including phenoxy) is 2. The van der Waals surface area contributed by atoms with Crippen LogP contribution in [0.5, 0.6) is 11.5 Å². The summed E-state index contributed by atoms with van der Waals surface area (Å²) < 4.78 is 23.8. The largest absolute Gasteiger partial charge is 0.494 e. The van der Waals surface area contributed by atoms with Gasteiger partial charge in [-0.3, -0.25) is 4.79 Å². The summed E-state index contributed by atoms with van der Waals surface area (Å²) in [7, 11) is 0. The van der Waals surface area contributed by atoms with Crippen molar-refractivity contribution in [2.24, 2.45) is 0 Å². The summed E-state index contributed by atoms with van der Waals surface area (Å²) in [6, 6.07) is 10.6. The fourth-order valence-electron chi connectivity index (χ4n) is 1.95. The van der Waals surface area contributed by atoms with E-state index in [9.17, 15) is 9.18 Å². The molecular formula is C17H18FNO3. The van der Waals surface area contributed by atoms with E-state index < -0.39 is 0 Å².